The Morgan fingerprint density at radius 3 is 1.72 bits per heavy atom. The van der Waals surface area contributed by atoms with Crippen molar-refractivity contribution in [1.29, 1.82) is 0 Å². The summed E-state index contributed by atoms with van der Waals surface area (Å²) >= 11 is 0. The first-order chi connectivity index (χ1) is 8.36. The quantitative estimate of drug-likeness (QED) is 0.636. The van der Waals surface area contributed by atoms with Gasteiger partial charge in [-0.05, 0) is 37.5 Å². The van der Waals surface area contributed by atoms with Crippen molar-refractivity contribution in [3.05, 3.63) is 0 Å². The van der Waals surface area contributed by atoms with Crippen molar-refractivity contribution in [3.8, 4) is 0 Å². The fraction of sp³-hybridized carbons (Fsp3) is 1.00. The van der Waals surface area contributed by atoms with E-state index < -0.39 is 0 Å². The third kappa shape index (κ3) is 8.93. The van der Waals surface area contributed by atoms with Crippen LogP contribution in [0.1, 0.15) is 61.3 Å². The Bertz CT molecular complexity index is 180. The van der Waals surface area contributed by atoms with E-state index in [0.29, 0.717) is 18.0 Å². The fourth-order valence-electron chi connectivity index (χ4n) is 2.35. The summed E-state index contributed by atoms with van der Waals surface area (Å²) in [5, 5.41) is 3.83. The van der Waals surface area contributed by atoms with Crippen LogP contribution in [-0.2, 0) is 4.74 Å². The van der Waals surface area contributed by atoms with Crippen LogP contribution in [0.4, 0.5) is 0 Å². The van der Waals surface area contributed by atoms with Crippen LogP contribution in [0, 0.1) is 17.8 Å². The van der Waals surface area contributed by atoms with Crippen LogP contribution in [0.15, 0.2) is 0 Å². The molecule has 0 radical (unpaired) electrons. The molecule has 18 heavy (non-hydrogen) atoms. The molecule has 0 spiro atoms. The summed E-state index contributed by atoms with van der Waals surface area (Å²) in [6, 6.07) is 1.10. The molecule has 0 saturated carbocycles. The third-order valence-electron chi connectivity index (χ3n) is 3.27. The number of ether oxygens (including phenoxy) is 1. The van der Waals surface area contributed by atoms with Crippen LogP contribution in [-0.4, -0.2) is 25.3 Å². The first kappa shape index (κ1) is 17.9. The van der Waals surface area contributed by atoms with Gasteiger partial charge in [0.25, 0.3) is 0 Å². The zero-order valence-electron chi connectivity index (χ0n) is 13.6. The minimum absolute atomic E-state index is 0.479. The van der Waals surface area contributed by atoms with Crippen molar-refractivity contribution in [2.75, 3.05) is 13.2 Å². The highest BCUT2D eigenvalue weighted by Gasteiger charge is 2.20. The Morgan fingerprint density at radius 2 is 1.39 bits per heavy atom. The van der Waals surface area contributed by atoms with E-state index in [1.807, 2.05) is 0 Å². The van der Waals surface area contributed by atoms with Gasteiger partial charge in [-0.2, -0.15) is 0 Å². The van der Waals surface area contributed by atoms with Gasteiger partial charge in [0.05, 0.1) is 6.61 Å². The highest BCUT2D eigenvalue weighted by atomic mass is 16.5. The molecule has 0 aliphatic heterocycles. The van der Waals surface area contributed by atoms with E-state index in [9.17, 15) is 0 Å². The molecule has 2 nitrogen and oxygen atoms in total. The molecule has 0 aliphatic rings. The molecule has 0 aromatic carbocycles. The number of hydrogen-bond donors (Lipinski definition) is 1. The Kier molecular flexibility index (Phi) is 9.76. The minimum atomic E-state index is 0.479. The van der Waals surface area contributed by atoms with Crippen molar-refractivity contribution in [1.82, 2.24) is 5.32 Å². The molecule has 1 atom stereocenters. The lowest BCUT2D eigenvalue weighted by molar-refractivity contribution is 0.0998. The summed E-state index contributed by atoms with van der Waals surface area (Å²) in [5.74, 6) is 2.13. The standard InChI is InChI=1S/C16H35NO/c1-8-18-11-16(14(6)7)17-15(9-12(2)3)10-13(4)5/h12-17H,8-11H2,1-7H3. The molecule has 2 heteroatoms. The minimum Gasteiger partial charge on any atom is -0.380 e. The molecule has 0 saturated heterocycles. The molecular weight excluding hydrogens is 222 g/mol. The van der Waals surface area contributed by atoms with Crippen LogP contribution >= 0.6 is 0 Å². The van der Waals surface area contributed by atoms with Crippen LogP contribution in [0.3, 0.4) is 0 Å². The van der Waals surface area contributed by atoms with Crippen LogP contribution in [0.5, 0.6) is 0 Å². The molecule has 0 fully saturated rings. The van der Waals surface area contributed by atoms with E-state index in [1.54, 1.807) is 0 Å². The fourth-order valence-corrected chi connectivity index (χ4v) is 2.35. The maximum Gasteiger partial charge on any atom is 0.0622 e. The molecule has 1 N–H and O–H groups in total. The largest absolute Gasteiger partial charge is 0.380 e. The van der Waals surface area contributed by atoms with E-state index in [4.69, 9.17) is 4.74 Å². The van der Waals surface area contributed by atoms with Crippen molar-refractivity contribution in [2.45, 2.75) is 73.4 Å². The summed E-state index contributed by atoms with van der Waals surface area (Å²) in [4.78, 5) is 0. The molecule has 0 bridgehead atoms. The molecule has 110 valence electrons. The van der Waals surface area contributed by atoms with E-state index in [0.717, 1.165) is 25.0 Å². The van der Waals surface area contributed by atoms with Crippen molar-refractivity contribution in [3.63, 3.8) is 0 Å². The maximum absolute atomic E-state index is 5.61. The zero-order valence-corrected chi connectivity index (χ0v) is 13.6. The van der Waals surface area contributed by atoms with Crippen LogP contribution in [0.2, 0.25) is 0 Å². The molecule has 0 rings (SSSR count). The molecular formula is C16H35NO. The molecule has 1 unspecified atom stereocenters. The molecule has 0 aromatic rings. The lowest BCUT2D eigenvalue weighted by Gasteiger charge is -2.30. The third-order valence-corrected chi connectivity index (χ3v) is 3.27. The van der Waals surface area contributed by atoms with Gasteiger partial charge >= 0.3 is 0 Å². The van der Waals surface area contributed by atoms with Gasteiger partial charge in [0.1, 0.15) is 0 Å². The van der Waals surface area contributed by atoms with Crippen LogP contribution < -0.4 is 5.32 Å². The maximum atomic E-state index is 5.61. The van der Waals surface area contributed by atoms with E-state index in [-0.39, 0.29) is 0 Å². The predicted octanol–water partition coefficient (Wildman–Crippen LogP) is 4.10. The smallest absolute Gasteiger partial charge is 0.0622 e. The molecule has 0 heterocycles. The summed E-state index contributed by atoms with van der Waals surface area (Å²) in [5.41, 5.74) is 0. The summed E-state index contributed by atoms with van der Waals surface area (Å²) in [6.07, 6.45) is 2.51. The van der Waals surface area contributed by atoms with Crippen molar-refractivity contribution < 1.29 is 4.74 Å². The Labute approximate surface area is 115 Å². The topological polar surface area (TPSA) is 21.3 Å². The second-order valence-corrected chi connectivity index (χ2v) is 6.63. The van der Waals surface area contributed by atoms with Gasteiger partial charge in [0.15, 0.2) is 0 Å². The summed E-state index contributed by atoms with van der Waals surface area (Å²) in [6.45, 7) is 17.5. The molecule has 0 aromatic heterocycles. The zero-order chi connectivity index (χ0) is 14.1. The van der Waals surface area contributed by atoms with Gasteiger partial charge in [-0.25, -0.2) is 0 Å². The second-order valence-electron chi connectivity index (χ2n) is 6.63. The van der Waals surface area contributed by atoms with Gasteiger partial charge in [-0.15, -0.1) is 0 Å². The average Bonchev–Trinajstić information content (AvgIpc) is 2.21. The van der Waals surface area contributed by atoms with Crippen LogP contribution in [0.25, 0.3) is 0 Å². The summed E-state index contributed by atoms with van der Waals surface area (Å²) in [7, 11) is 0. The highest BCUT2D eigenvalue weighted by molar-refractivity contribution is 4.78. The SMILES string of the molecule is CCOCC(NC(CC(C)C)CC(C)C)C(C)C. The van der Waals surface area contributed by atoms with E-state index >= 15 is 0 Å². The predicted molar refractivity (Wildman–Crippen MR) is 81.0 cm³/mol. The van der Waals surface area contributed by atoms with E-state index in [1.165, 1.54) is 12.8 Å². The monoisotopic (exact) mass is 257 g/mol. The lowest BCUT2D eigenvalue weighted by atomic mass is 9.93. The second kappa shape index (κ2) is 9.80. The number of rotatable bonds is 10. The summed E-state index contributed by atoms with van der Waals surface area (Å²) < 4.78 is 5.61. The van der Waals surface area contributed by atoms with Crippen molar-refractivity contribution >= 4 is 0 Å². The van der Waals surface area contributed by atoms with Gasteiger partial charge in [-0.1, -0.05) is 41.5 Å². The van der Waals surface area contributed by atoms with Crippen molar-refractivity contribution in [2.24, 2.45) is 17.8 Å². The van der Waals surface area contributed by atoms with Gasteiger partial charge in [-0.3, -0.25) is 0 Å². The van der Waals surface area contributed by atoms with Gasteiger partial charge in [0.2, 0.25) is 0 Å². The number of hydrogen-bond acceptors (Lipinski definition) is 2. The Hall–Kier alpha value is -0.0800. The molecule has 0 aliphatic carbocycles. The Morgan fingerprint density at radius 1 is 0.889 bits per heavy atom. The number of nitrogens with one attached hydrogen (secondary N) is 1. The highest BCUT2D eigenvalue weighted by Crippen LogP contribution is 2.15. The lowest BCUT2D eigenvalue weighted by Crippen LogP contribution is -2.45. The first-order valence-corrected chi connectivity index (χ1v) is 7.70. The van der Waals surface area contributed by atoms with Gasteiger partial charge in [0, 0.05) is 18.7 Å². The van der Waals surface area contributed by atoms with E-state index in [2.05, 4.69) is 53.8 Å². The normalized spacial score (nSPS) is 14.2. The average molecular weight is 257 g/mol. The van der Waals surface area contributed by atoms with Gasteiger partial charge < -0.3 is 10.1 Å². The first-order valence-electron chi connectivity index (χ1n) is 7.70. The Balaban J connectivity index is 4.37. The molecule has 0 amide bonds.